The molecule has 0 aromatic heterocycles. The Labute approximate surface area is 103 Å². The van der Waals surface area contributed by atoms with Gasteiger partial charge in [0.1, 0.15) is 5.75 Å². The monoisotopic (exact) mass is 235 g/mol. The van der Waals surface area contributed by atoms with E-state index < -0.39 is 0 Å². The lowest BCUT2D eigenvalue weighted by molar-refractivity contribution is -0.116. The first-order valence-electron chi connectivity index (χ1n) is 5.85. The molecular formula is C14H21NO2. The summed E-state index contributed by atoms with van der Waals surface area (Å²) in [6, 6.07) is 7.43. The van der Waals surface area contributed by atoms with E-state index >= 15 is 0 Å². The number of ether oxygens (including phenoxy) is 1. The highest BCUT2D eigenvalue weighted by atomic mass is 16.5. The van der Waals surface area contributed by atoms with Crippen molar-refractivity contribution in [2.75, 3.05) is 12.4 Å². The summed E-state index contributed by atoms with van der Waals surface area (Å²) < 4.78 is 5.18. The van der Waals surface area contributed by atoms with Crippen LogP contribution >= 0.6 is 0 Å². The van der Waals surface area contributed by atoms with Crippen molar-refractivity contribution in [2.24, 2.45) is 5.41 Å². The fraction of sp³-hybridized carbons (Fsp3) is 0.500. The van der Waals surface area contributed by atoms with Crippen molar-refractivity contribution in [3.8, 4) is 5.75 Å². The minimum absolute atomic E-state index is 0.0319. The summed E-state index contributed by atoms with van der Waals surface area (Å²) in [6.07, 6.45) is 1.40. The average molecular weight is 235 g/mol. The van der Waals surface area contributed by atoms with Crippen LogP contribution in [0.1, 0.15) is 33.6 Å². The third-order valence-corrected chi connectivity index (χ3v) is 2.48. The smallest absolute Gasteiger partial charge is 0.224 e. The van der Waals surface area contributed by atoms with E-state index in [0.29, 0.717) is 12.2 Å². The normalized spacial score (nSPS) is 11.1. The second-order valence-corrected chi connectivity index (χ2v) is 5.31. The number of carbonyl (C=O) groups excluding carboxylic acids is 1. The zero-order valence-corrected chi connectivity index (χ0v) is 11.0. The van der Waals surface area contributed by atoms with E-state index in [-0.39, 0.29) is 11.3 Å². The third-order valence-electron chi connectivity index (χ3n) is 2.48. The highest BCUT2D eigenvalue weighted by Crippen LogP contribution is 2.25. The Kier molecular flexibility index (Phi) is 4.55. The summed E-state index contributed by atoms with van der Waals surface area (Å²) >= 11 is 0. The summed E-state index contributed by atoms with van der Waals surface area (Å²) in [7, 11) is 1.60. The molecule has 0 atom stereocenters. The zero-order chi connectivity index (χ0) is 12.9. The third kappa shape index (κ3) is 4.89. The van der Waals surface area contributed by atoms with Gasteiger partial charge < -0.3 is 10.1 Å². The van der Waals surface area contributed by atoms with Gasteiger partial charge in [-0.25, -0.2) is 0 Å². The molecule has 0 aliphatic rings. The molecule has 0 saturated heterocycles. The Morgan fingerprint density at radius 3 is 2.53 bits per heavy atom. The van der Waals surface area contributed by atoms with Gasteiger partial charge in [-0.15, -0.1) is 0 Å². The molecule has 0 aliphatic heterocycles. The lowest BCUT2D eigenvalue weighted by Crippen LogP contribution is -2.15. The Morgan fingerprint density at radius 2 is 1.94 bits per heavy atom. The molecule has 1 aromatic rings. The van der Waals surface area contributed by atoms with Crippen molar-refractivity contribution in [1.29, 1.82) is 0 Å². The van der Waals surface area contributed by atoms with Crippen molar-refractivity contribution in [1.82, 2.24) is 0 Å². The quantitative estimate of drug-likeness (QED) is 0.868. The van der Waals surface area contributed by atoms with Gasteiger partial charge in [0.25, 0.3) is 0 Å². The molecule has 0 unspecified atom stereocenters. The number of methoxy groups -OCH3 is 1. The number of benzene rings is 1. The van der Waals surface area contributed by atoms with Crippen LogP contribution < -0.4 is 10.1 Å². The minimum atomic E-state index is 0.0319. The summed E-state index contributed by atoms with van der Waals surface area (Å²) in [6.45, 7) is 6.39. The largest absolute Gasteiger partial charge is 0.495 e. The van der Waals surface area contributed by atoms with Gasteiger partial charge in [0.2, 0.25) is 5.91 Å². The molecule has 94 valence electrons. The van der Waals surface area contributed by atoms with Crippen LogP contribution in [0, 0.1) is 5.41 Å². The zero-order valence-electron chi connectivity index (χ0n) is 11.0. The molecule has 1 rings (SSSR count). The van der Waals surface area contributed by atoms with E-state index in [4.69, 9.17) is 4.74 Å². The van der Waals surface area contributed by atoms with Crippen LogP contribution in [0.15, 0.2) is 24.3 Å². The van der Waals surface area contributed by atoms with Crippen molar-refractivity contribution in [3.05, 3.63) is 24.3 Å². The van der Waals surface area contributed by atoms with Crippen molar-refractivity contribution >= 4 is 11.6 Å². The number of nitrogens with one attached hydrogen (secondary N) is 1. The fourth-order valence-corrected chi connectivity index (χ4v) is 1.45. The van der Waals surface area contributed by atoms with Gasteiger partial charge in [0.15, 0.2) is 0 Å². The van der Waals surface area contributed by atoms with Crippen LogP contribution in [0.2, 0.25) is 0 Å². The predicted octanol–water partition coefficient (Wildman–Crippen LogP) is 3.46. The first-order valence-corrected chi connectivity index (χ1v) is 5.85. The van der Waals surface area contributed by atoms with Crippen LogP contribution in [0.5, 0.6) is 5.75 Å². The Morgan fingerprint density at radius 1 is 1.29 bits per heavy atom. The molecule has 0 saturated carbocycles. The number of para-hydroxylation sites is 2. The van der Waals surface area contributed by atoms with Crippen LogP contribution in [-0.4, -0.2) is 13.0 Å². The molecule has 3 nitrogen and oxygen atoms in total. The average Bonchev–Trinajstić information content (AvgIpc) is 2.26. The number of hydrogen-bond acceptors (Lipinski definition) is 2. The number of amides is 1. The molecule has 3 heteroatoms. The molecule has 1 N–H and O–H groups in total. The van der Waals surface area contributed by atoms with E-state index in [1.807, 2.05) is 24.3 Å². The molecule has 1 amide bonds. The summed E-state index contributed by atoms with van der Waals surface area (Å²) in [4.78, 5) is 11.8. The number of anilines is 1. The Balaban J connectivity index is 2.56. The van der Waals surface area contributed by atoms with Gasteiger partial charge in [0, 0.05) is 6.42 Å². The van der Waals surface area contributed by atoms with E-state index in [2.05, 4.69) is 26.1 Å². The van der Waals surface area contributed by atoms with Crippen molar-refractivity contribution < 1.29 is 9.53 Å². The van der Waals surface area contributed by atoms with Crippen LogP contribution in [-0.2, 0) is 4.79 Å². The lowest BCUT2D eigenvalue weighted by Gasteiger charge is -2.17. The molecule has 0 fully saturated rings. The van der Waals surface area contributed by atoms with Gasteiger partial charge in [-0.05, 0) is 24.0 Å². The van der Waals surface area contributed by atoms with Crippen molar-refractivity contribution in [2.45, 2.75) is 33.6 Å². The second kappa shape index (κ2) is 5.71. The summed E-state index contributed by atoms with van der Waals surface area (Å²) in [5.41, 5.74) is 0.909. The van der Waals surface area contributed by atoms with E-state index in [1.54, 1.807) is 7.11 Å². The van der Waals surface area contributed by atoms with E-state index in [9.17, 15) is 4.79 Å². The van der Waals surface area contributed by atoms with Gasteiger partial charge >= 0.3 is 0 Å². The molecule has 0 heterocycles. The second-order valence-electron chi connectivity index (χ2n) is 5.31. The number of rotatable bonds is 4. The Hall–Kier alpha value is -1.51. The number of hydrogen-bond donors (Lipinski definition) is 1. The molecule has 0 bridgehead atoms. The van der Waals surface area contributed by atoms with Crippen molar-refractivity contribution in [3.63, 3.8) is 0 Å². The van der Waals surface area contributed by atoms with E-state index in [1.165, 1.54) is 0 Å². The molecular weight excluding hydrogens is 214 g/mol. The number of carbonyl (C=O) groups is 1. The molecule has 17 heavy (non-hydrogen) atoms. The maximum Gasteiger partial charge on any atom is 0.224 e. The minimum Gasteiger partial charge on any atom is -0.495 e. The topological polar surface area (TPSA) is 38.3 Å². The SMILES string of the molecule is COc1ccccc1NC(=O)CCC(C)(C)C. The van der Waals surface area contributed by atoms with Crippen LogP contribution in [0.4, 0.5) is 5.69 Å². The first kappa shape index (κ1) is 13.6. The fourth-order valence-electron chi connectivity index (χ4n) is 1.45. The van der Waals surface area contributed by atoms with Gasteiger partial charge in [-0.2, -0.15) is 0 Å². The van der Waals surface area contributed by atoms with E-state index in [0.717, 1.165) is 12.1 Å². The van der Waals surface area contributed by atoms with Crippen LogP contribution in [0.3, 0.4) is 0 Å². The first-order chi connectivity index (χ1) is 7.92. The summed E-state index contributed by atoms with van der Waals surface area (Å²) in [5, 5.41) is 2.87. The van der Waals surface area contributed by atoms with Crippen LogP contribution in [0.25, 0.3) is 0 Å². The van der Waals surface area contributed by atoms with Gasteiger partial charge in [-0.1, -0.05) is 32.9 Å². The van der Waals surface area contributed by atoms with Gasteiger partial charge in [-0.3, -0.25) is 4.79 Å². The molecule has 0 spiro atoms. The highest BCUT2D eigenvalue weighted by Gasteiger charge is 2.13. The van der Waals surface area contributed by atoms with Gasteiger partial charge in [0.05, 0.1) is 12.8 Å². The maximum atomic E-state index is 11.8. The highest BCUT2D eigenvalue weighted by molar-refractivity contribution is 5.92. The lowest BCUT2D eigenvalue weighted by atomic mass is 9.90. The predicted molar refractivity (Wildman–Crippen MR) is 70.3 cm³/mol. The molecule has 0 aliphatic carbocycles. The maximum absolute atomic E-state index is 11.8. The molecule has 1 aromatic carbocycles. The standard InChI is InChI=1S/C14H21NO2/c1-14(2,3)10-9-13(16)15-11-7-5-6-8-12(11)17-4/h5-8H,9-10H2,1-4H3,(H,15,16). The molecule has 0 radical (unpaired) electrons. The Bertz CT molecular complexity index is 380. The summed E-state index contributed by atoms with van der Waals surface area (Å²) in [5.74, 6) is 0.723.